The fourth-order valence-corrected chi connectivity index (χ4v) is 5.98. The number of methoxy groups -OCH3 is 1. The first-order chi connectivity index (χ1) is 13.2. The van der Waals surface area contributed by atoms with Crippen molar-refractivity contribution < 1.29 is 24.2 Å². The number of hydrogen-bond acceptors (Lipinski definition) is 5. The van der Waals surface area contributed by atoms with Gasteiger partial charge in [0.2, 0.25) is 0 Å². The minimum Gasteiger partial charge on any atom is -0.495 e. The van der Waals surface area contributed by atoms with Crippen molar-refractivity contribution in [1.82, 2.24) is 0 Å². The minimum atomic E-state index is -0.959. The van der Waals surface area contributed by atoms with E-state index in [0.29, 0.717) is 34.7 Å². The van der Waals surface area contributed by atoms with Crippen molar-refractivity contribution >= 4 is 29.2 Å². The van der Waals surface area contributed by atoms with Crippen LogP contribution >= 0.6 is 11.6 Å². The molecule has 5 rings (SSSR count). The summed E-state index contributed by atoms with van der Waals surface area (Å²) in [6.07, 6.45) is 3.64. The third-order valence-electron chi connectivity index (χ3n) is 6.54. The van der Waals surface area contributed by atoms with Crippen molar-refractivity contribution in [3.8, 4) is 5.75 Å². The second-order valence-corrected chi connectivity index (χ2v) is 9.28. The molecule has 1 amide bonds. The van der Waals surface area contributed by atoms with Gasteiger partial charge >= 0.3 is 5.97 Å². The zero-order valence-electron chi connectivity index (χ0n) is 16.2. The Kier molecular flexibility index (Phi) is 4.82. The van der Waals surface area contributed by atoms with E-state index < -0.39 is 23.0 Å². The zero-order chi connectivity index (χ0) is 20.1. The summed E-state index contributed by atoms with van der Waals surface area (Å²) in [5.74, 6) is 0.412. The maximum absolute atomic E-state index is 13.0. The molecule has 4 fully saturated rings. The number of amides is 1. The molecule has 0 aromatic heterocycles. The van der Waals surface area contributed by atoms with Crippen LogP contribution in [0, 0.1) is 17.3 Å². The summed E-state index contributed by atoms with van der Waals surface area (Å²) in [6.45, 7) is 1.56. The van der Waals surface area contributed by atoms with E-state index >= 15 is 0 Å². The molecule has 7 heteroatoms. The Hall–Kier alpha value is -1.79. The number of carbonyl (C=O) groups is 2. The van der Waals surface area contributed by atoms with E-state index in [4.69, 9.17) is 21.1 Å². The Morgan fingerprint density at radius 1 is 1.25 bits per heavy atom. The quantitative estimate of drug-likeness (QED) is 0.729. The summed E-state index contributed by atoms with van der Waals surface area (Å²) in [4.78, 5) is 25.6. The van der Waals surface area contributed by atoms with Crippen LogP contribution in [-0.2, 0) is 14.3 Å². The van der Waals surface area contributed by atoms with Crippen LogP contribution in [0.3, 0.4) is 0 Å². The molecule has 4 aliphatic rings. The van der Waals surface area contributed by atoms with Gasteiger partial charge in [0.15, 0.2) is 6.10 Å². The van der Waals surface area contributed by atoms with E-state index in [0.717, 1.165) is 32.1 Å². The van der Waals surface area contributed by atoms with E-state index in [1.807, 2.05) is 0 Å². The first kappa shape index (κ1) is 19.5. The SMILES string of the molecule is COc1ccc(Cl)cc1NC(=O)[C@H](C)OC(=O)C12C[C@@H]3C[C@@H](CC(O)(C3)C1)C2. The lowest BCUT2D eigenvalue weighted by atomic mass is 9.48. The Morgan fingerprint density at radius 3 is 2.54 bits per heavy atom. The average Bonchev–Trinajstić information content (AvgIpc) is 2.59. The van der Waals surface area contributed by atoms with Gasteiger partial charge in [-0.15, -0.1) is 0 Å². The van der Waals surface area contributed by atoms with Crippen LogP contribution in [0.25, 0.3) is 0 Å². The van der Waals surface area contributed by atoms with Gasteiger partial charge in [-0.1, -0.05) is 11.6 Å². The first-order valence-electron chi connectivity index (χ1n) is 9.80. The van der Waals surface area contributed by atoms with Crippen LogP contribution in [-0.4, -0.2) is 35.8 Å². The van der Waals surface area contributed by atoms with E-state index in [1.54, 1.807) is 25.1 Å². The highest BCUT2D eigenvalue weighted by Gasteiger charge is 2.61. The van der Waals surface area contributed by atoms with Crippen LogP contribution < -0.4 is 10.1 Å². The standard InChI is InChI=1S/C21H26ClNO5/c1-12(18(24)23-16-6-15(22)3-4-17(16)27-2)28-19(25)20-7-13-5-14(8-20)10-21(26,9-13)11-20/h3-4,6,12-14,26H,5,7-11H2,1-2H3,(H,23,24)/t12-,13-,14+,20?,21?/m0/s1. The fourth-order valence-electron chi connectivity index (χ4n) is 5.80. The number of rotatable bonds is 5. The average molecular weight is 408 g/mol. The molecule has 28 heavy (non-hydrogen) atoms. The number of benzene rings is 1. The molecule has 0 radical (unpaired) electrons. The van der Waals surface area contributed by atoms with Gasteiger partial charge < -0.3 is 19.9 Å². The third kappa shape index (κ3) is 3.48. The zero-order valence-corrected chi connectivity index (χ0v) is 16.9. The van der Waals surface area contributed by atoms with Crippen LogP contribution in [0.4, 0.5) is 5.69 Å². The maximum Gasteiger partial charge on any atom is 0.312 e. The Labute approximate surface area is 169 Å². The maximum atomic E-state index is 13.0. The van der Waals surface area contributed by atoms with Crippen molar-refractivity contribution in [2.45, 2.75) is 57.2 Å². The number of esters is 1. The second kappa shape index (κ2) is 6.92. The summed E-state index contributed by atoms with van der Waals surface area (Å²) in [5.41, 5.74) is -0.976. The molecular weight excluding hydrogens is 382 g/mol. The number of nitrogens with one attached hydrogen (secondary N) is 1. The van der Waals surface area contributed by atoms with Crippen LogP contribution in [0.15, 0.2) is 18.2 Å². The molecule has 2 N–H and O–H groups in total. The summed E-state index contributed by atoms with van der Waals surface area (Å²) in [5, 5.41) is 14.0. The molecule has 5 atom stereocenters. The molecule has 0 saturated heterocycles. The van der Waals surface area contributed by atoms with Gasteiger partial charge in [-0.2, -0.15) is 0 Å². The van der Waals surface area contributed by atoms with Gasteiger partial charge in [-0.05, 0) is 75.5 Å². The van der Waals surface area contributed by atoms with E-state index in [-0.39, 0.29) is 5.97 Å². The first-order valence-corrected chi connectivity index (χ1v) is 10.2. The lowest BCUT2D eigenvalue weighted by molar-refractivity contribution is -0.199. The Morgan fingerprint density at radius 2 is 1.93 bits per heavy atom. The lowest BCUT2D eigenvalue weighted by Gasteiger charge is -2.58. The number of halogens is 1. The summed E-state index contributed by atoms with van der Waals surface area (Å²) in [7, 11) is 1.50. The number of carbonyl (C=O) groups excluding carboxylic acids is 2. The third-order valence-corrected chi connectivity index (χ3v) is 6.77. The summed E-state index contributed by atoms with van der Waals surface area (Å²) in [6, 6.07) is 4.91. The molecule has 1 aromatic carbocycles. The molecule has 0 aliphatic heterocycles. The van der Waals surface area contributed by atoms with Crippen LogP contribution in [0.5, 0.6) is 5.75 Å². The minimum absolute atomic E-state index is 0.360. The molecule has 6 nitrogen and oxygen atoms in total. The van der Waals surface area contributed by atoms with Crippen molar-refractivity contribution in [2.75, 3.05) is 12.4 Å². The second-order valence-electron chi connectivity index (χ2n) is 8.85. The van der Waals surface area contributed by atoms with Gasteiger partial charge in [-0.3, -0.25) is 9.59 Å². The predicted octanol–water partition coefficient (Wildman–Crippen LogP) is 3.55. The van der Waals surface area contributed by atoms with Crippen molar-refractivity contribution in [2.24, 2.45) is 17.3 Å². The molecule has 0 heterocycles. The van der Waals surface area contributed by atoms with E-state index in [1.165, 1.54) is 7.11 Å². The number of anilines is 1. The van der Waals surface area contributed by atoms with Gasteiger partial charge in [-0.25, -0.2) is 0 Å². The Bertz CT molecular complexity index is 796. The predicted molar refractivity (Wildman–Crippen MR) is 104 cm³/mol. The number of ether oxygens (including phenoxy) is 2. The van der Waals surface area contributed by atoms with Crippen LogP contribution in [0.2, 0.25) is 5.02 Å². The topological polar surface area (TPSA) is 84.9 Å². The van der Waals surface area contributed by atoms with E-state index in [9.17, 15) is 14.7 Å². The largest absolute Gasteiger partial charge is 0.495 e. The normalized spacial score (nSPS) is 34.0. The number of aliphatic hydroxyl groups is 1. The Balaban J connectivity index is 1.44. The van der Waals surface area contributed by atoms with Gasteiger partial charge in [0, 0.05) is 5.02 Å². The smallest absolute Gasteiger partial charge is 0.312 e. The van der Waals surface area contributed by atoms with Crippen molar-refractivity contribution in [1.29, 1.82) is 0 Å². The molecule has 152 valence electrons. The highest BCUT2D eigenvalue weighted by Crippen LogP contribution is 2.62. The fraction of sp³-hybridized carbons (Fsp3) is 0.619. The molecule has 4 aliphatic carbocycles. The molecule has 1 aromatic rings. The van der Waals surface area contributed by atoms with Crippen molar-refractivity contribution in [3.63, 3.8) is 0 Å². The molecule has 2 unspecified atom stereocenters. The van der Waals surface area contributed by atoms with Gasteiger partial charge in [0.1, 0.15) is 5.75 Å². The summed E-state index contributed by atoms with van der Waals surface area (Å²) >= 11 is 5.99. The molecular formula is C21H26ClNO5. The number of hydrogen-bond donors (Lipinski definition) is 2. The molecule has 0 spiro atoms. The highest BCUT2D eigenvalue weighted by atomic mass is 35.5. The summed E-state index contributed by atoms with van der Waals surface area (Å²) < 4.78 is 10.8. The molecule has 4 saturated carbocycles. The van der Waals surface area contributed by atoms with Gasteiger partial charge in [0.25, 0.3) is 5.91 Å². The van der Waals surface area contributed by atoms with E-state index in [2.05, 4.69) is 5.32 Å². The van der Waals surface area contributed by atoms with Crippen molar-refractivity contribution in [3.05, 3.63) is 23.2 Å². The molecule has 4 bridgehead atoms. The highest BCUT2D eigenvalue weighted by molar-refractivity contribution is 6.31. The monoisotopic (exact) mass is 407 g/mol. The van der Waals surface area contributed by atoms with Crippen LogP contribution in [0.1, 0.15) is 45.4 Å². The van der Waals surface area contributed by atoms with Gasteiger partial charge in [0.05, 0.1) is 23.8 Å². The lowest BCUT2D eigenvalue weighted by Crippen LogP contribution is -2.59.